The van der Waals surface area contributed by atoms with Gasteiger partial charge in [-0.3, -0.25) is 4.79 Å². The number of aromatic hydroxyl groups is 1. The molecule has 0 aromatic heterocycles. The smallest absolute Gasteiger partial charge is 0.287 e. The van der Waals surface area contributed by atoms with Crippen molar-refractivity contribution >= 4 is 50.6 Å². The number of hydrogen-bond acceptors (Lipinski definition) is 6. The van der Waals surface area contributed by atoms with E-state index >= 15 is 0 Å². The Hall–Kier alpha value is -2.78. The minimum atomic E-state index is -4.02. The number of carbonyl (C=O) groups excluding carboxylic acids is 1. The van der Waals surface area contributed by atoms with Gasteiger partial charge in [0.2, 0.25) is 11.9 Å². The fourth-order valence-corrected chi connectivity index (χ4v) is 3.64. The lowest BCUT2D eigenvalue weighted by atomic mass is 10.2. The molecule has 8 nitrogen and oxygen atoms in total. The molecule has 25 heavy (non-hydrogen) atoms. The second-order valence-electron chi connectivity index (χ2n) is 5.22. The van der Waals surface area contributed by atoms with Crippen molar-refractivity contribution in [2.75, 3.05) is 16.0 Å². The number of nitrogens with zero attached hydrogens (tertiary/aromatic N) is 1. The van der Waals surface area contributed by atoms with E-state index in [1.807, 2.05) is 0 Å². The lowest BCUT2D eigenvalue weighted by molar-refractivity contribution is -0.114. The number of fused-ring (bicyclic) bond motifs is 1. The lowest BCUT2D eigenvalue weighted by Gasteiger charge is -2.20. The Balaban J connectivity index is 1.87. The maximum atomic E-state index is 12.3. The molecule has 10 heteroatoms. The second kappa shape index (κ2) is 6.26. The van der Waals surface area contributed by atoms with Gasteiger partial charge in [-0.15, -0.1) is 4.40 Å². The minimum Gasteiger partial charge on any atom is -0.506 e. The number of phenolic OH excluding ortho intramolecular Hbond substituents is 1. The summed E-state index contributed by atoms with van der Waals surface area (Å²) in [5.74, 6) is -0.574. The predicted molar refractivity (Wildman–Crippen MR) is 95.7 cm³/mol. The Morgan fingerprint density at radius 1 is 1.20 bits per heavy atom. The molecule has 1 heterocycles. The van der Waals surface area contributed by atoms with Crippen LogP contribution in [0.25, 0.3) is 0 Å². The molecule has 1 aliphatic heterocycles. The molecule has 0 saturated heterocycles. The Morgan fingerprint density at radius 2 is 1.84 bits per heavy atom. The molecule has 1 amide bonds. The quantitative estimate of drug-likeness (QED) is 0.594. The lowest BCUT2D eigenvalue weighted by Crippen LogP contribution is -2.28. The van der Waals surface area contributed by atoms with Crippen LogP contribution in [-0.2, 0) is 14.8 Å². The maximum absolute atomic E-state index is 12.3. The Labute approximate surface area is 148 Å². The van der Waals surface area contributed by atoms with Gasteiger partial charge >= 0.3 is 0 Å². The molecule has 0 spiro atoms. The SMILES string of the molecule is CC(=O)Nc1ccc(NC2=NS(=O)(=O)c3cc(Cl)cc(O)c3N2)cc1. The van der Waals surface area contributed by atoms with Crippen LogP contribution in [0.5, 0.6) is 5.75 Å². The first-order chi connectivity index (χ1) is 11.7. The van der Waals surface area contributed by atoms with Gasteiger partial charge in [-0.25, -0.2) is 0 Å². The number of benzene rings is 2. The van der Waals surface area contributed by atoms with E-state index in [9.17, 15) is 18.3 Å². The van der Waals surface area contributed by atoms with Crippen molar-refractivity contribution < 1.29 is 18.3 Å². The zero-order valence-electron chi connectivity index (χ0n) is 12.9. The molecular formula is C15H13ClN4O4S. The summed E-state index contributed by atoms with van der Waals surface area (Å²) in [6.07, 6.45) is 0. The highest BCUT2D eigenvalue weighted by atomic mass is 35.5. The molecule has 0 saturated carbocycles. The van der Waals surface area contributed by atoms with Gasteiger partial charge in [-0.2, -0.15) is 8.42 Å². The third-order valence-electron chi connectivity index (χ3n) is 3.25. The summed E-state index contributed by atoms with van der Waals surface area (Å²) in [5.41, 5.74) is 1.13. The third-order valence-corrected chi connectivity index (χ3v) is 4.77. The number of guanidine groups is 1. The van der Waals surface area contributed by atoms with Gasteiger partial charge in [-0.1, -0.05) is 11.6 Å². The van der Waals surface area contributed by atoms with Crippen molar-refractivity contribution in [2.24, 2.45) is 4.40 Å². The van der Waals surface area contributed by atoms with E-state index in [4.69, 9.17) is 11.6 Å². The highest BCUT2D eigenvalue weighted by Gasteiger charge is 2.28. The average Bonchev–Trinajstić information content (AvgIpc) is 2.49. The first-order valence-corrected chi connectivity index (χ1v) is 8.85. The summed E-state index contributed by atoms with van der Waals surface area (Å²) < 4.78 is 28.2. The Bertz CT molecular complexity index is 987. The first-order valence-electron chi connectivity index (χ1n) is 7.04. The fourth-order valence-electron chi connectivity index (χ4n) is 2.24. The maximum Gasteiger partial charge on any atom is 0.287 e. The fraction of sp³-hybridized carbons (Fsp3) is 0.0667. The number of sulfonamides is 1. The van der Waals surface area contributed by atoms with Crippen LogP contribution in [0.1, 0.15) is 6.92 Å². The first kappa shape index (κ1) is 17.1. The summed E-state index contributed by atoms with van der Waals surface area (Å²) in [5, 5.41) is 18.2. The largest absolute Gasteiger partial charge is 0.506 e. The Morgan fingerprint density at radius 3 is 2.48 bits per heavy atom. The van der Waals surface area contributed by atoms with E-state index < -0.39 is 10.0 Å². The molecule has 2 aromatic rings. The van der Waals surface area contributed by atoms with Crippen LogP contribution in [0.2, 0.25) is 5.02 Å². The van der Waals surface area contributed by atoms with Gasteiger partial charge in [-0.05, 0) is 30.3 Å². The standard InChI is InChI=1S/C15H13ClN4O4S/c1-8(21)17-10-2-4-11(5-3-10)18-15-19-14-12(22)6-9(16)7-13(14)25(23,24)20-15/h2-7,22H,1H3,(H,17,21)(H2,18,19,20). The summed E-state index contributed by atoms with van der Waals surface area (Å²) in [4.78, 5) is 10.8. The van der Waals surface area contributed by atoms with Crippen LogP contribution >= 0.6 is 11.6 Å². The summed E-state index contributed by atoms with van der Waals surface area (Å²) in [6, 6.07) is 9.01. The molecule has 0 bridgehead atoms. The van der Waals surface area contributed by atoms with Crippen molar-refractivity contribution in [1.82, 2.24) is 0 Å². The van der Waals surface area contributed by atoms with Gasteiger partial charge in [0.25, 0.3) is 10.0 Å². The van der Waals surface area contributed by atoms with Gasteiger partial charge in [0, 0.05) is 29.4 Å². The number of anilines is 3. The van der Waals surface area contributed by atoms with Crippen LogP contribution in [0.15, 0.2) is 45.7 Å². The Kier molecular flexibility index (Phi) is 4.27. The molecule has 2 aromatic carbocycles. The molecule has 0 aliphatic carbocycles. The van der Waals surface area contributed by atoms with Crippen molar-refractivity contribution in [3.8, 4) is 5.75 Å². The van der Waals surface area contributed by atoms with Crippen LogP contribution in [0.3, 0.4) is 0 Å². The third kappa shape index (κ3) is 3.67. The molecule has 0 radical (unpaired) electrons. The van der Waals surface area contributed by atoms with Gasteiger partial charge < -0.3 is 21.1 Å². The number of phenols is 1. The number of amides is 1. The predicted octanol–water partition coefficient (Wildman–Crippen LogP) is 2.59. The summed E-state index contributed by atoms with van der Waals surface area (Å²) in [6.45, 7) is 1.40. The van der Waals surface area contributed by atoms with E-state index in [1.54, 1.807) is 24.3 Å². The van der Waals surface area contributed by atoms with E-state index in [0.717, 1.165) is 0 Å². The van der Waals surface area contributed by atoms with Gasteiger partial charge in [0.05, 0.1) is 0 Å². The summed E-state index contributed by atoms with van der Waals surface area (Å²) in [7, 11) is -4.02. The van der Waals surface area contributed by atoms with E-state index in [-0.39, 0.29) is 33.2 Å². The molecule has 0 atom stereocenters. The molecule has 3 rings (SSSR count). The molecule has 4 N–H and O–H groups in total. The van der Waals surface area contributed by atoms with Crippen molar-refractivity contribution in [3.63, 3.8) is 0 Å². The summed E-state index contributed by atoms with van der Waals surface area (Å²) >= 11 is 5.78. The van der Waals surface area contributed by atoms with E-state index in [0.29, 0.717) is 11.4 Å². The molecule has 1 aliphatic rings. The number of halogens is 1. The van der Waals surface area contributed by atoms with Gasteiger partial charge in [0.1, 0.15) is 16.3 Å². The molecule has 0 fully saturated rings. The highest BCUT2D eigenvalue weighted by Crippen LogP contribution is 2.37. The normalized spacial score (nSPS) is 14.7. The van der Waals surface area contributed by atoms with Crippen LogP contribution < -0.4 is 16.0 Å². The average molecular weight is 381 g/mol. The second-order valence-corrected chi connectivity index (χ2v) is 7.23. The van der Waals surface area contributed by atoms with Crippen LogP contribution in [0, 0.1) is 0 Å². The van der Waals surface area contributed by atoms with Gasteiger partial charge in [0.15, 0.2) is 0 Å². The van der Waals surface area contributed by atoms with E-state index in [1.165, 1.54) is 19.1 Å². The minimum absolute atomic E-state index is 0.00299. The van der Waals surface area contributed by atoms with Crippen molar-refractivity contribution in [2.45, 2.75) is 11.8 Å². The monoisotopic (exact) mass is 380 g/mol. The topological polar surface area (TPSA) is 120 Å². The molecule has 0 unspecified atom stereocenters. The number of nitrogens with one attached hydrogen (secondary N) is 3. The highest BCUT2D eigenvalue weighted by molar-refractivity contribution is 7.90. The molecule has 130 valence electrons. The van der Waals surface area contributed by atoms with Crippen molar-refractivity contribution in [3.05, 3.63) is 41.4 Å². The zero-order chi connectivity index (χ0) is 18.2. The number of rotatable bonds is 2. The number of carbonyl (C=O) groups is 1. The van der Waals surface area contributed by atoms with E-state index in [2.05, 4.69) is 20.3 Å². The van der Waals surface area contributed by atoms with Crippen molar-refractivity contribution in [1.29, 1.82) is 0 Å². The zero-order valence-corrected chi connectivity index (χ0v) is 14.4. The van der Waals surface area contributed by atoms with Crippen LogP contribution in [0.4, 0.5) is 17.1 Å². The van der Waals surface area contributed by atoms with Crippen LogP contribution in [-0.4, -0.2) is 25.4 Å². The number of hydrogen-bond donors (Lipinski definition) is 4. The molecular weight excluding hydrogens is 368 g/mol.